The third kappa shape index (κ3) is 2.84. The minimum absolute atomic E-state index is 0. The molecule has 20 heavy (non-hydrogen) atoms. The van der Waals surface area contributed by atoms with Crippen LogP contribution in [0.4, 0.5) is 0 Å². The summed E-state index contributed by atoms with van der Waals surface area (Å²) in [5.74, 6) is 1.71. The standard InChI is InChI=1S/C16H22N2O.ClH/c1-2-15(12-6-4-3-5-7-12)16(19)18-10-13-8-17-9-14(13)11-18;/h3-7,13-15,17H,2,8-11H2,1H3;1H/t13-,14+,15?;. The average Bonchev–Trinajstić information content (AvgIpc) is 3.01. The van der Waals surface area contributed by atoms with E-state index in [1.54, 1.807) is 0 Å². The van der Waals surface area contributed by atoms with Crippen LogP contribution < -0.4 is 5.32 Å². The second-order valence-electron chi connectivity index (χ2n) is 5.79. The highest BCUT2D eigenvalue weighted by molar-refractivity contribution is 5.85. The summed E-state index contributed by atoms with van der Waals surface area (Å²) in [6.45, 7) is 6.15. The van der Waals surface area contributed by atoms with Crippen LogP contribution in [0.15, 0.2) is 30.3 Å². The van der Waals surface area contributed by atoms with E-state index in [0.29, 0.717) is 17.7 Å². The number of hydrogen-bond acceptors (Lipinski definition) is 2. The van der Waals surface area contributed by atoms with E-state index >= 15 is 0 Å². The molecule has 2 aliphatic rings. The van der Waals surface area contributed by atoms with Gasteiger partial charge in [0.05, 0.1) is 5.92 Å². The van der Waals surface area contributed by atoms with Crippen molar-refractivity contribution in [1.29, 1.82) is 0 Å². The van der Waals surface area contributed by atoms with Gasteiger partial charge in [-0.05, 0) is 23.8 Å². The lowest BCUT2D eigenvalue weighted by molar-refractivity contribution is -0.132. The molecule has 3 rings (SSSR count). The molecule has 0 saturated carbocycles. The number of halogens is 1. The molecule has 1 aromatic carbocycles. The van der Waals surface area contributed by atoms with Gasteiger partial charge in [-0.25, -0.2) is 0 Å². The van der Waals surface area contributed by atoms with Crippen LogP contribution in [0.25, 0.3) is 0 Å². The zero-order valence-electron chi connectivity index (χ0n) is 11.9. The summed E-state index contributed by atoms with van der Waals surface area (Å²) in [6, 6.07) is 10.2. The Kier molecular flexibility index (Phi) is 5.06. The Morgan fingerprint density at radius 1 is 1.25 bits per heavy atom. The Morgan fingerprint density at radius 3 is 2.40 bits per heavy atom. The minimum Gasteiger partial charge on any atom is -0.341 e. The van der Waals surface area contributed by atoms with Crippen molar-refractivity contribution in [2.75, 3.05) is 26.2 Å². The largest absolute Gasteiger partial charge is 0.341 e. The molecule has 1 aromatic rings. The number of rotatable bonds is 3. The van der Waals surface area contributed by atoms with E-state index in [2.05, 4.69) is 29.3 Å². The smallest absolute Gasteiger partial charge is 0.230 e. The molecule has 0 aromatic heterocycles. The summed E-state index contributed by atoms with van der Waals surface area (Å²) in [7, 11) is 0. The van der Waals surface area contributed by atoms with Gasteiger partial charge in [0.25, 0.3) is 0 Å². The molecule has 2 saturated heterocycles. The van der Waals surface area contributed by atoms with Crippen molar-refractivity contribution >= 4 is 18.3 Å². The summed E-state index contributed by atoms with van der Waals surface area (Å²) < 4.78 is 0. The lowest BCUT2D eigenvalue weighted by Gasteiger charge is -2.23. The number of nitrogens with one attached hydrogen (secondary N) is 1. The van der Waals surface area contributed by atoms with Crippen LogP contribution in [0.3, 0.4) is 0 Å². The number of carbonyl (C=O) groups is 1. The Bertz CT molecular complexity index is 439. The van der Waals surface area contributed by atoms with E-state index in [9.17, 15) is 4.79 Å². The fourth-order valence-electron chi connectivity index (χ4n) is 3.49. The van der Waals surface area contributed by atoms with Gasteiger partial charge in [0.15, 0.2) is 0 Å². The first kappa shape index (κ1) is 15.3. The molecule has 1 N–H and O–H groups in total. The molecule has 2 fully saturated rings. The summed E-state index contributed by atoms with van der Waals surface area (Å²) >= 11 is 0. The SMILES string of the molecule is CCC(C(=O)N1C[C@H]2CNC[C@H]2C1)c1ccccc1.Cl. The summed E-state index contributed by atoms with van der Waals surface area (Å²) in [4.78, 5) is 14.8. The highest BCUT2D eigenvalue weighted by atomic mass is 35.5. The molecule has 2 aliphatic heterocycles. The number of fused-ring (bicyclic) bond motifs is 1. The number of benzene rings is 1. The van der Waals surface area contributed by atoms with E-state index in [1.807, 2.05) is 18.2 Å². The highest BCUT2D eigenvalue weighted by Crippen LogP contribution is 2.30. The van der Waals surface area contributed by atoms with Gasteiger partial charge in [-0.1, -0.05) is 37.3 Å². The van der Waals surface area contributed by atoms with Gasteiger partial charge in [0.2, 0.25) is 5.91 Å². The molecule has 1 amide bonds. The Balaban J connectivity index is 0.00000147. The maximum Gasteiger partial charge on any atom is 0.230 e. The van der Waals surface area contributed by atoms with Gasteiger partial charge < -0.3 is 10.2 Å². The van der Waals surface area contributed by atoms with Crippen LogP contribution >= 0.6 is 12.4 Å². The summed E-state index contributed by atoms with van der Waals surface area (Å²) in [6.07, 6.45) is 0.882. The van der Waals surface area contributed by atoms with E-state index in [1.165, 1.54) is 0 Å². The first-order valence-corrected chi connectivity index (χ1v) is 7.34. The van der Waals surface area contributed by atoms with Crippen molar-refractivity contribution in [3.8, 4) is 0 Å². The minimum atomic E-state index is 0. The van der Waals surface area contributed by atoms with Gasteiger partial charge in [0.1, 0.15) is 0 Å². The Morgan fingerprint density at radius 2 is 1.85 bits per heavy atom. The molecule has 0 spiro atoms. The lowest BCUT2D eigenvalue weighted by Crippen LogP contribution is -2.35. The van der Waals surface area contributed by atoms with Gasteiger partial charge in [-0.15, -0.1) is 12.4 Å². The zero-order chi connectivity index (χ0) is 13.2. The molecule has 4 heteroatoms. The predicted octanol–water partition coefficient (Wildman–Crippen LogP) is 2.28. The number of hydrogen-bond donors (Lipinski definition) is 1. The van der Waals surface area contributed by atoms with Crippen molar-refractivity contribution < 1.29 is 4.79 Å². The van der Waals surface area contributed by atoms with E-state index in [4.69, 9.17) is 0 Å². The summed E-state index contributed by atoms with van der Waals surface area (Å²) in [5.41, 5.74) is 1.16. The van der Waals surface area contributed by atoms with Crippen molar-refractivity contribution in [2.24, 2.45) is 11.8 Å². The van der Waals surface area contributed by atoms with E-state index in [-0.39, 0.29) is 18.3 Å². The van der Waals surface area contributed by atoms with E-state index < -0.39 is 0 Å². The highest BCUT2D eigenvalue weighted by Gasteiger charge is 2.39. The molecule has 3 nitrogen and oxygen atoms in total. The fraction of sp³-hybridized carbons (Fsp3) is 0.562. The molecular weight excluding hydrogens is 272 g/mol. The number of nitrogens with zero attached hydrogens (tertiary/aromatic N) is 1. The lowest BCUT2D eigenvalue weighted by atomic mass is 9.95. The zero-order valence-corrected chi connectivity index (χ0v) is 12.7. The molecular formula is C16H23ClN2O. The van der Waals surface area contributed by atoms with Crippen LogP contribution in [0.1, 0.15) is 24.8 Å². The third-order valence-electron chi connectivity index (χ3n) is 4.61. The van der Waals surface area contributed by atoms with Crippen molar-refractivity contribution in [2.45, 2.75) is 19.3 Å². The second-order valence-corrected chi connectivity index (χ2v) is 5.79. The normalized spacial score (nSPS) is 25.9. The van der Waals surface area contributed by atoms with E-state index in [0.717, 1.165) is 38.2 Å². The second kappa shape index (κ2) is 6.59. The summed E-state index contributed by atoms with van der Waals surface area (Å²) in [5, 5.41) is 3.42. The van der Waals surface area contributed by atoms with Gasteiger partial charge in [0, 0.05) is 26.2 Å². The number of carbonyl (C=O) groups excluding carboxylic acids is 1. The van der Waals surface area contributed by atoms with Crippen molar-refractivity contribution in [1.82, 2.24) is 10.2 Å². The maximum atomic E-state index is 12.7. The van der Waals surface area contributed by atoms with Gasteiger partial charge in [-0.3, -0.25) is 4.79 Å². The van der Waals surface area contributed by atoms with Crippen LogP contribution in [0, 0.1) is 11.8 Å². The van der Waals surface area contributed by atoms with Crippen LogP contribution in [-0.4, -0.2) is 37.0 Å². The Labute approximate surface area is 127 Å². The molecule has 110 valence electrons. The molecule has 0 radical (unpaired) electrons. The third-order valence-corrected chi connectivity index (χ3v) is 4.61. The topological polar surface area (TPSA) is 32.3 Å². The monoisotopic (exact) mass is 294 g/mol. The first-order valence-electron chi connectivity index (χ1n) is 7.34. The van der Waals surface area contributed by atoms with Crippen LogP contribution in [0.5, 0.6) is 0 Å². The Hall–Kier alpha value is -1.06. The van der Waals surface area contributed by atoms with Gasteiger partial charge in [-0.2, -0.15) is 0 Å². The molecule has 2 heterocycles. The number of likely N-dealkylation sites (tertiary alicyclic amines) is 1. The predicted molar refractivity (Wildman–Crippen MR) is 83.2 cm³/mol. The number of amides is 1. The first-order chi connectivity index (χ1) is 9.29. The maximum absolute atomic E-state index is 12.7. The van der Waals surface area contributed by atoms with Gasteiger partial charge >= 0.3 is 0 Å². The van der Waals surface area contributed by atoms with Crippen molar-refractivity contribution in [3.63, 3.8) is 0 Å². The fourth-order valence-corrected chi connectivity index (χ4v) is 3.49. The quantitative estimate of drug-likeness (QED) is 0.928. The molecule has 0 aliphatic carbocycles. The molecule has 0 bridgehead atoms. The average molecular weight is 295 g/mol. The van der Waals surface area contributed by atoms with Crippen molar-refractivity contribution in [3.05, 3.63) is 35.9 Å². The molecule has 1 unspecified atom stereocenters. The van der Waals surface area contributed by atoms with Crippen LogP contribution in [-0.2, 0) is 4.79 Å². The molecule has 3 atom stereocenters. The van der Waals surface area contributed by atoms with Crippen LogP contribution in [0.2, 0.25) is 0 Å².